The van der Waals surface area contributed by atoms with Gasteiger partial charge >= 0.3 is 0 Å². The Morgan fingerprint density at radius 3 is 2.58 bits per heavy atom. The van der Waals surface area contributed by atoms with E-state index in [-0.39, 0.29) is 0 Å². The van der Waals surface area contributed by atoms with E-state index in [2.05, 4.69) is 61.4 Å². The number of aryl methyl sites for hydroxylation is 2. The second-order valence-electron chi connectivity index (χ2n) is 4.65. The van der Waals surface area contributed by atoms with Crippen molar-refractivity contribution in [2.24, 2.45) is 0 Å². The minimum atomic E-state index is 0.954. The first-order valence-electron chi connectivity index (χ1n) is 6.64. The van der Waals surface area contributed by atoms with Crippen molar-refractivity contribution in [3.8, 4) is 0 Å². The Bertz CT molecular complexity index is 552. The van der Waals surface area contributed by atoms with E-state index >= 15 is 0 Å². The van der Waals surface area contributed by atoms with Crippen LogP contribution in [-0.2, 0) is 0 Å². The van der Waals surface area contributed by atoms with Crippen LogP contribution in [0.5, 0.6) is 0 Å². The van der Waals surface area contributed by atoms with Gasteiger partial charge in [-0.15, -0.1) is 0 Å². The number of hydrogen-bond donors (Lipinski definition) is 1. The molecule has 0 aliphatic carbocycles. The molecule has 0 saturated heterocycles. The zero-order valence-corrected chi connectivity index (χ0v) is 12.6. The molecule has 1 heterocycles. The quantitative estimate of drug-likeness (QED) is 0.856. The van der Waals surface area contributed by atoms with Crippen molar-refractivity contribution >= 4 is 17.6 Å². The van der Waals surface area contributed by atoms with Gasteiger partial charge in [0.25, 0.3) is 0 Å². The SMILES string of the molecule is CCCNc1cc(Sc2ccc(C)c(C)c2)ccn1. The van der Waals surface area contributed by atoms with Crippen LogP contribution in [0.15, 0.2) is 46.3 Å². The molecule has 2 aromatic rings. The third-order valence-electron chi connectivity index (χ3n) is 3.00. The van der Waals surface area contributed by atoms with Crippen LogP contribution in [0.4, 0.5) is 5.82 Å². The highest BCUT2D eigenvalue weighted by Gasteiger charge is 2.01. The second kappa shape index (κ2) is 6.62. The topological polar surface area (TPSA) is 24.9 Å². The van der Waals surface area contributed by atoms with Gasteiger partial charge in [0.05, 0.1) is 0 Å². The number of anilines is 1. The first-order chi connectivity index (χ1) is 9.19. The third-order valence-corrected chi connectivity index (χ3v) is 3.98. The van der Waals surface area contributed by atoms with E-state index in [4.69, 9.17) is 0 Å². The van der Waals surface area contributed by atoms with Crippen molar-refractivity contribution in [1.82, 2.24) is 4.98 Å². The predicted molar refractivity (Wildman–Crippen MR) is 83.1 cm³/mol. The van der Waals surface area contributed by atoms with Crippen molar-refractivity contribution in [2.75, 3.05) is 11.9 Å². The molecule has 2 rings (SSSR count). The van der Waals surface area contributed by atoms with Crippen LogP contribution in [0.2, 0.25) is 0 Å². The summed E-state index contributed by atoms with van der Waals surface area (Å²) in [6.07, 6.45) is 2.97. The summed E-state index contributed by atoms with van der Waals surface area (Å²) in [5, 5.41) is 3.32. The van der Waals surface area contributed by atoms with Gasteiger partial charge in [0, 0.05) is 22.5 Å². The van der Waals surface area contributed by atoms with E-state index in [1.165, 1.54) is 20.9 Å². The molecule has 0 radical (unpaired) electrons. The molecule has 0 fully saturated rings. The zero-order chi connectivity index (χ0) is 13.7. The molecule has 0 saturated carbocycles. The summed E-state index contributed by atoms with van der Waals surface area (Å²) in [5.41, 5.74) is 2.67. The summed E-state index contributed by atoms with van der Waals surface area (Å²) < 4.78 is 0. The number of benzene rings is 1. The Hall–Kier alpha value is -1.48. The predicted octanol–water partition coefficient (Wildman–Crippen LogP) is 4.67. The van der Waals surface area contributed by atoms with Gasteiger partial charge < -0.3 is 5.32 Å². The normalized spacial score (nSPS) is 10.5. The van der Waals surface area contributed by atoms with Gasteiger partial charge in [-0.3, -0.25) is 0 Å². The summed E-state index contributed by atoms with van der Waals surface area (Å²) in [4.78, 5) is 6.82. The monoisotopic (exact) mass is 272 g/mol. The summed E-state index contributed by atoms with van der Waals surface area (Å²) in [6.45, 7) is 7.41. The smallest absolute Gasteiger partial charge is 0.127 e. The highest BCUT2D eigenvalue weighted by atomic mass is 32.2. The van der Waals surface area contributed by atoms with E-state index in [0.29, 0.717) is 0 Å². The molecular weight excluding hydrogens is 252 g/mol. The number of hydrogen-bond acceptors (Lipinski definition) is 3. The van der Waals surface area contributed by atoms with Gasteiger partial charge in [0.1, 0.15) is 5.82 Å². The Balaban J connectivity index is 2.11. The van der Waals surface area contributed by atoms with Crippen LogP contribution in [0, 0.1) is 13.8 Å². The van der Waals surface area contributed by atoms with Gasteiger partial charge in [-0.25, -0.2) is 4.98 Å². The lowest BCUT2D eigenvalue weighted by atomic mass is 10.1. The van der Waals surface area contributed by atoms with Crippen LogP contribution in [0.25, 0.3) is 0 Å². The minimum absolute atomic E-state index is 0.954. The molecule has 1 aromatic carbocycles. The van der Waals surface area contributed by atoms with E-state index in [1.807, 2.05) is 6.20 Å². The van der Waals surface area contributed by atoms with Crippen LogP contribution in [0.3, 0.4) is 0 Å². The Kier molecular flexibility index (Phi) is 4.86. The highest BCUT2D eigenvalue weighted by molar-refractivity contribution is 7.99. The molecule has 100 valence electrons. The lowest BCUT2D eigenvalue weighted by molar-refractivity contribution is 0.967. The summed E-state index contributed by atoms with van der Waals surface area (Å²) in [6, 6.07) is 10.7. The fraction of sp³-hybridized carbons (Fsp3) is 0.312. The number of nitrogens with one attached hydrogen (secondary N) is 1. The van der Waals surface area contributed by atoms with Crippen LogP contribution in [-0.4, -0.2) is 11.5 Å². The van der Waals surface area contributed by atoms with Crippen LogP contribution >= 0.6 is 11.8 Å². The van der Waals surface area contributed by atoms with Crippen molar-refractivity contribution in [3.05, 3.63) is 47.7 Å². The largest absolute Gasteiger partial charge is 0.370 e. The lowest BCUT2D eigenvalue weighted by Gasteiger charge is -2.07. The maximum atomic E-state index is 4.33. The number of pyridine rings is 1. The standard InChI is InChI=1S/C16H20N2S/c1-4-8-17-16-11-15(7-9-18-16)19-14-6-5-12(2)13(3)10-14/h5-7,9-11H,4,8H2,1-3H3,(H,17,18). The average Bonchev–Trinajstić information content (AvgIpc) is 2.41. The summed E-state index contributed by atoms with van der Waals surface area (Å²) in [7, 11) is 0. The molecule has 3 heteroatoms. The molecule has 1 aromatic heterocycles. The first kappa shape index (κ1) is 13.9. The highest BCUT2D eigenvalue weighted by Crippen LogP contribution is 2.29. The van der Waals surface area contributed by atoms with Gasteiger partial charge in [-0.1, -0.05) is 24.8 Å². The number of rotatable bonds is 5. The van der Waals surface area contributed by atoms with E-state index in [0.717, 1.165) is 18.8 Å². The Labute approximate surface area is 119 Å². The third kappa shape index (κ3) is 4.00. The Morgan fingerprint density at radius 1 is 1.05 bits per heavy atom. The maximum absolute atomic E-state index is 4.33. The molecule has 19 heavy (non-hydrogen) atoms. The van der Waals surface area contributed by atoms with Crippen molar-refractivity contribution in [2.45, 2.75) is 37.0 Å². The lowest BCUT2D eigenvalue weighted by Crippen LogP contribution is -2.01. The van der Waals surface area contributed by atoms with Crippen molar-refractivity contribution < 1.29 is 0 Å². The Morgan fingerprint density at radius 2 is 1.84 bits per heavy atom. The summed E-state index contributed by atoms with van der Waals surface area (Å²) in [5.74, 6) is 0.954. The molecule has 0 spiro atoms. The maximum Gasteiger partial charge on any atom is 0.127 e. The molecule has 0 aliphatic heterocycles. The molecule has 0 unspecified atom stereocenters. The molecular formula is C16H20N2S. The minimum Gasteiger partial charge on any atom is -0.370 e. The van der Waals surface area contributed by atoms with Crippen molar-refractivity contribution in [1.29, 1.82) is 0 Å². The van der Waals surface area contributed by atoms with Crippen LogP contribution in [0.1, 0.15) is 24.5 Å². The van der Waals surface area contributed by atoms with Gasteiger partial charge in [-0.05, 0) is 55.7 Å². The van der Waals surface area contributed by atoms with E-state index in [1.54, 1.807) is 11.8 Å². The molecule has 0 aliphatic rings. The molecule has 0 bridgehead atoms. The van der Waals surface area contributed by atoms with Gasteiger partial charge in [0.15, 0.2) is 0 Å². The fourth-order valence-electron chi connectivity index (χ4n) is 1.74. The van der Waals surface area contributed by atoms with Gasteiger partial charge in [0.2, 0.25) is 0 Å². The van der Waals surface area contributed by atoms with Gasteiger partial charge in [-0.2, -0.15) is 0 Å². The van der Waals surface area contributed by atoms with E-state index < -0.39 is 0 Å². The molecule has 0 atom stereocenters. The van der Waals surface area contributed by atoms with E-state index in [9.17, 15) is 0 Å². The molecule has 0 amide bonds. The van der Waals surface area contributed by atoms with Crippen LogP contribution < -0.4 is 5.32 Å². The molecule has 1 N–H and O–H groups in total. The average molecular weight is 272 g/mol. The molecule has 2 nitrogen and oxygen atoms in total. The summed E-state index contributed by atoms with van der Waals surface area (Å²) >= 11 is 1.78. The van der Waals surface area contributed by atoms with Crippen molar-refractivity contribution in [3.63, 3.8) is 0 Å². The number of aromatic nitrogens is 1. The second-order valence-corrected chi connectivity index (χ2v) is 5.80. The number of nitrogens with zero attached hydrogens (tertiary/aromatic N) is 1. The zero-order valence-electron chi connectivity index (χ0n) is 11.7. The first-order valence-corrected chi connectivity index (χ1v) is 7.45. The fourth-order valence-corrected chi connectivity index (χ4v) is 2.68.